The zero-order valence-corrected chi connectivity index (χ0v) is 12.9. The molecule has 1 aromatic carbocycles. The predicted octanol–water partition coefficient (Wildman–Crippen LogP) is 4.66. The van der Waals surface area contributed by atoms with E-state index < -0.39 is 0 Å². The van der Waals surface area contributed by atoms with Gasteiger partial charge < -0.3 is 5.32 Å². The Balaban J connectivity index is 2.21. The second-order valence-corrected chi connectivity index (χ2v) is 6.55. The first-order valence-corrected chi connectivity index (χ1v) is 7.75. The highest BCUT2D eigenvalue weighted by molar-refractivity contribution is 9.10. The minimum absolute atomic E-state index is 0.00733. The molecule has 0 saturated heterocycles. The summed E-state index contributed by atoms with van der Waals surface area (Å²) in [4.78, 5) is 4.72. The maximum Gasteiger partial charge on any atom is 0.161 e. The van der Waals surface area contributed by atoms with Gasteiger partial charge in [0.15, 0.2) is 5.17 Å². The molecule has 1 N–H and O–H groups in total. The molecule has 1 aromatic rings. The highest BCUT2D eigenvalue weighted by Crippen LogP contribution is 2.31. The fraction of sp³-hybridized carbons (Fsp3) is 0.462. The van der Waals surface area contributed by atoms with Crippen molar-refractivity contribution in [3.05, 3.63) is 28.5 Å². The summed E-state index contributed by atoms with van der Waals surface area (Å²) in [6, 6.07) is 4.61. The Morgan fingerprint density at radius 2 is 2.33 bits per heavy atom. The van der Waals surface area contributed by atoms with Crippen molar-refractivity contribution in [2.24, 2.45) is 4.99 Å². The SMILES string of the molecule is CCC1(C)CCSC(Nc2cc(F)ccc2Br)=N1. The maximum atomic E-state index is 13.2. The van der Waals surface area contributed by atoms with Gasteiger partial charge in [0.05, 0.1) is 11.2 Å². The van der Waals surface area contributed by atoms with E-state index in [-0.39, 0.29) is 11.4 Å². The number of halogens is 2. The minimum Gasteiger partial charge on any atom is -0.334 e. The third kappa shape index (κ3) is 3.26. The summed E-state index contributed by atoms with van der Waals surface area (Å²) >= 11 is 5.10. The molecule has 0 aliphatic carbocycles. The molecule has 0 amide bonds. The number of thioether (sulfide) groups is 1. The molecular weight excluding hydrogens is 315 g/mol. The Morgan fingerprint density at radius 1 is 1.56 bits per heavy atom. The maximum absolute atomic E-state index is 13.2. The van der Waals surface area contributed by atoms with E-state index in [0.717, 1.165) is 33.9 Å². The number of anilines is 1. The van der Waals surface area contributed by atoms with Gasteiger partial charge in [-0.05, 0) is 53.9 Å². The topological polar surface area (TPSA) is 24.4 Å². The van der Waals surface area contributed by atoms with Crippen molar-refractivity contribution in [3.8, 4) is 0 Å². The molecule has 0 bridgehead atoms. The average Bonchev–Trinajstić information content (AvgIpc) is 2.34. The Bertz CT molecular complexity index is 478. The largest absolute Gasteiger partial charge is 0.334 e. The van der Waals surface area contributed by atoms with Gasteiger partial charge in [0.2, 0.25) is 0 Å². The van der Waals surface area contributed by atoms with Gasteiger partial charge in [-0.15, -0.1) is 0 Å². The van der Waals surface area contributed by atoms with Gasteiger partial charge in [0.25, 0.3) is 0 Å². The molecule has 1 aliphatic rings. The van der Waals surface area contributed by atoms with Gasteiger partial charge in [-0.25, -0.2) is 4.39 Å². The molecule has 2 nitrogen and oxygen atoms in total. The molecule has 1 heterocycles. The van der Waals surface area contributed by atoms with Crippen molar-refractivity contribution >= 4 is 38.5 Å². The molecule has 0 radical (unpaired) electrons. The van der Waals surface area contributed by atoms with Crippen LogP contribution < -0.4 is 5.32 Å². The van der Waals surface area contributed by atoms with E-state index in [0.29, 0.717) is 0 Å². The Hall–Kier alpha value is -0.550. The fourth-order valence-electron chi connectivity index (χ4n) is 1.73. The predicted molar refractivity (Wildman–Crippen MR) is 80.9 cm³/mol. The summed E-state index contributed by atoms with van der Waals surface area (Å²) in [5, 5.41) is 4.08. The lowest BCUT2D eigenvalue weighted by atomic mass is 9.97. The molecule has 5 heteroatoms. The highest BCUT2D eigenvalue weighted by atomic mass is 79.9. The number of aliphatic imine (C=N–C) groups is 1. The number of nitrogens with zero attached hydrogens (tertiary/aromatic N) is 1. The van der Waals surface area contributed by atoms with E-state index in [1.165, 1.54) is 12.1 Å². The van der Waals surface area contributed by atoms with Crippen LogP contribution in [0.2, 0.25) is 0 Å². The quantitative estimate of drug-likeness (QED) is 0.852. The second-order valence-electron chi connectivity index (χ2n) is 4.62. The van der Waals surface area contributed by atoms with E-state index >= 15 is 0 Å². The highest BCUT2D eigenvalue weighted by Gasteiger charge is 2.26. The van der Waals surface area contributed by atoms with Gasteiger partial charge in [-0.2, -0.15) is 0 Å². The smallest absolute Gasteiger partial charge is 0.161 e. The molecule has 0 saturated carbocycles. The normalized spacial score (nSPS) is 23.7. The van der Waals surface area contributed by atoms with Crippen molar-refractivity contribution in [1.82, 2.24) is 0 Å². The lowest BCUT2D eigenvalue weighted by molar-refractivity contribution is 0.443. The number of hydrogen-bond donors (Lipinski definition) is 1. The van der Waals surface area contributed by atoms with Crippen molar-refractivity contribution in [3.63, 3.8) is 0 Å². The molecule has 0 spiro atoms. The van der Waals surface area contributed by atoms with E-state index in [4.69, 9.17) is 4.99 Å². The summed E-state index contributed by atoms with van der Waals surface area (Å²) < 4.78 is 14.1. The van der Waals surface area contributed by atoms with Crippen molar-refractivity contribution in [2.45, 2.75) is 32.2 Å². The summed E-state index contributed by atoms with van der Waals surface area (Å²) in [6.45, 7) is 4.31. The zero-order chi connectivity index (χ0) is 13.2. The molecule has 0 aromatic heterocycles. The molecule has 0 fully saturated rings. The van der Waals surface area contributed by atoms with Gasteiger partial charge in [0, 0.05) is 10.2 Å². The van der Waals surface area contributed by atoms with Crippen molar-refractivity contribution < 1.29 is 4.39 Å². The number of amidine groups is 1. The van der Waals surface area contributed by atoms with E-state index in [9.17, 15) is 4.39 Å². The van der Waals surface area contributed by atoms with E-state index in [1.807, 2.05) is 0 Å². The van der Waals surface area contributed by atoms with Gasteiger partial charge in [0.1, 0.15) is 5.82 Å². The van der Waals surface area contributed by atoms with Crippen LogP contribution in [-0.2, 0) is 0 Å². The molecule has 18 heavy (non-hydrogen) atoms. The lowest BCUT2D eigenvalue weighted by Crippen LogP contribution is -2.29. The average molecular weight is 331 g/mol. The lowest BCUT2D eigenvalue weighted by Gasteiger charge is -2.29. The molecule has 1 aliphatic heterocycles. The third-order valence-electron chi connectivity index (χ3n) is 3.18. The molecular formula is C13H16BrFN2S. The zero-order valence-electron chi connectivity index (χ0n) is 10.5. The van der Waals surface area contributed by atoms with Crippen LogP contribution in [0.15, 0.2) is 27.7 Å². The van der Waals surface area contributed by atoms with Gasteiger partial charge in [-0.3, -0.25) is 4.99 Å². The van der Waals surface area contributed by atoms with Crippen LogP contribution in [0.5, 0.6) is 0 Å². The fourth-order valence-corrected chi connectivity index (χ4v) is 3.28. The van der Waals surface area contributed by atoms with Crippen LogP contribution in [-0.4, -0.2) is 16.5 Å². The minimum atomic E-state index is -0.250. The van der Waals surface area contributed by atoms with Crippen molar-refractivity contribution in [1.29, 1.82) is 0 Å². The summed E-state index contributed by atoms with van der Waals surface area (Å²) in [5.74, 6) is 0.795. The van der Waals surface area contributed by atoms with Crippen LogP contribution in [0, 0.1) is 5.82 Å². The van der Waals surface area contributed by atoms with Gasteiger partial charge in [-0.1, -0.05) is 18.7 Å². The Kier molecular flexibility index (Phi) is 4.33. The molecule has 2 rings (SSSR count). The monoisotopic (exact) mass is 330 g/mol. The van der Waals surface area contributed by atoms with Gasteiger partial charge >= 0.3 is 0 Å². The van der Waals surface area contributed by atoms with Crippen molar-refractivity contribution in [2.75, 3.05) is 11.1 Å². The second kappa shape index (κ2) is 5.61. The first-order valence-electron chi connectivity index (χ1n) is 5.97. The number of rotatable bonds is 2. The van der Waals surface area contributed by atoms with E-state index in [1.54, 1.807) is 17.8 Å². The van der Waals surface area contributed by atoms with Crippen LogP contribution in [0.25, 0.3) is 0 Å². The Labute approximate surface area is 120 Å². The van der Waals surface area contributed by atoms with Crippen LogP contribution in [0.3, 0.4) is 0 Å². The summed E-state index contributed by atoms with van der Waals surface area (Å²) in [7, 11) is 0. The first kappa shape index (κ1) is 13.9. The van der Waals surface area contributed by atoms with Crippen LogP contribution >= 0.6 is 27.7 Å². The number of hydrogen-bond acceptors (Lipinski definition) is 3. The Morgan fingerprint density at radius 3 is 3.06 bits per heavy atom. The number of nitrogens with one attached hydrogen (secondary N) is 1. The van der Waals surface area contributed by atoms with Crippen LogP contribution in [0.1, 0.15) is 26.7 Å². The van der Waals surface area contributed by atoms with E-state index in [2.05, 4.69) is 35.1 Å². The third-order valence-corrected chi connectivity index (χ3v) is 4.75. The summed E-state index contributed by atoms with van der Waals surface area (Å²) in [6.07, 6.45) is 2.10. The molecule has 1 unspecified atom stereocenters. The standard InChI is InChI=1S/C13H16BrFN2S/c1-3-13(2)6-7-18-12(17-13)16-11-8-9(15)4-5-10(11)14/h4-5,8H,3,6-7H2,1-2H3,(H,16,17). The first-order chi connectivity index (χ1) is 8.52. The molecule has 1 atom stereocenters. The number of benzene rings is 1. The summed E-state index contributed by atoms with van der Waals surface area (Å²) in [5.41, 5.74) is 0.731. The molecule has 98 valence electrons. The van der Waals surface area contributed by atoms with Crippen LogP contribution in [0.4, 0.5) is 10.1 Å².